The zero-order chi connectivity index (χ0) is 15.2. The molecule has 1 amide bonds. The van der Waals surface area contributed by atoms with Crippen LogP contribution in [-0.2, 0) is 13.1 Å². The fraction of sp³-hybridized carbons (Fsp3) is 0.429. The van der Waals surface area contributed by atoms with E-state index in [1.807, 2.05) is 24.6 Å². The molecule has 1 N–H and O–H groups in total. The number of carbonyl (C=O) groups excluding carboxylic acids is 1. The Hall–Kier alpha value is -2.44. The molecule has 0 aliphatic heterocycles. The van der Waals surface area contributed by atoms with E-state index in [0.29, 0.717) is 13.1 Å². The number of amides is 1. The number of aromatic nitrogens is 4. The van der Waals surface area contributed by atoms with Crippen molar-refractivity contribution in [3.05, 3.63) is 46.9 Å². The van der Waals surface area contributed by atoms with Gasteiger partial charge in [0.1, 0.15) is 5.69 Å². The van der Waals surface area contributed by atoms with Gasteiger partial charge in [-0.05, 0) is 19.4 Å². The molecule has 0 unspecified atom stereocenters. The summed E-state index contributed by atoms with van der Waals surface area (Å²) in [6.07, 6.45) is 6.01. The first-order valence-electron chi connectivity index (χ1n) is 6.95. The number of hydrogen-bond acceptors (Lipinski definition) is 4. The Balaban J connectivity index is 2.02. The van der Waals surface area contributed by atoms with Gasteiger partial charge in [-0.25, -0.2) is 9.67 Å². The van der Waals surface area contributed by atoms with Gasteiger partial charge in [-0.2, -0.15) is 5.10 Å². The lowest BCUT2D eigenvalue weighted by Gasteiger charge is -2.14. The summed E-state index contributed by atoms with van der Waals surface area (Å²) in [7, 11) is 0. The minimum Gasteiger partial charge on any atom is -0.346 e. The molecule has 0 radical (unpaired) electrons. The van der Waals surface area contributed by atoms with Crippen LogP contribution in [0, 0.1) is 0 Å². The first-order chi connectivity index (χ1) is 10.1. The third-order valence-corrected chi connectivity index (χ3v) is 2.96. The summed E-state index contributed by atoms with van der Waals surface area (Å²) < 4.78 is 3.20. The highest BCUT2D eigenvalue weighted by Gasteiger charge is 2.12. The van der Waals surface area contributed by atoms with Crippen LogP contribution in [0.15, 0.2) is 35.6 Å². The molecule has 0 spiro atoms. The molecule has 2 aromatic heterocycles. The Morgan fingerprint density at radius 1 is 1.43 bits per heavy atom. The van der Waals surface area contributed by atoms with Gasteiger partial charge in [0.15, 0.2) is 0 Å². The fourth-order valence-corrected chi connectivity index (χ4v) is 2.00. The topological polar surface area (TPSA) is 81.8 Å². The van der Waals surface area contributed by atoms with Gasteiger partial charge in [0.25, 0.3) is 11.5 Å². The molecule has 7 nitrogen and oxygen atoms in total. The second-order valence-electron chi connectivity index (χ2n) is 4.91. The lowest BCUT2D eigenvalue weighted by Crippen LogP contribution is -2.37. The van der Waals surface area contributed by atoms with Gasteiger partial charge in [0.05, 0.1) is 6.33 Å². The summed E-state index contributed by atoms with van der Waals surface area (Å²) in [5.41, 5.74) is 0.0559. The molecule has 2 aromatic rings. The van der Waals surface area contributed by atoms with Crippen LogP contribution in [0.1, 0.15) is 30.8 Å². The van der Waals surface area contributed by atoms with Crippen molar-refractivity contribution >= 4 is 5.91 Å². The molecule has 0 saturated heterocycles. The molecular weight excluding hydrogens is 270 g/mol. The first kappa shape index (κ1) is 15.0. The lowest BCUT2D eigenvalue weighted by atomic mass is 10.3. The van der Waals surface area contributed by atoms with Crippen LogP contribution in [0.5, 0.6) is 0 Å². The number of hydrogen-bond donors (Lipinski definition) is 1. The number of nitrogens with zero attached hydrogens (tertiary/aromatic N) is 4. The molecule has 0 aromatic carbocycles. The number of nitrogens with one attached hydrogen (secondary N) is 1. The van der Waals surface area contributed by atoms with Gasteiger partial charge < -0.3 is 9.88 Å². The number of imidazole rings is 1. The summed E-state index contributed by atoms with van der Waals surface area (Å²) >= 11 is 0. The van der Waals surface area contributed by atoms with Crippen molar-refractivity contribution in [2.24, 2.45) is 0 Å². The molecule has 0 saturated carbocycles. The van der Waals surface area contributed by atoms with Crippen molar-refractivity contribution in [1.82, 2.24) is 24.6 Å². The highest BCUT2D eigenvalue weighted by molar-refractivity contribution is 5.92. The summed E-state index contributed by atoms with van der Waals surface area (Å²) in [5, 5.41) is 6.94. The monoisotopic (exact) mass is 289 g/mol. The number of aryl methyl sites for hydroxylation is 1. The van der Waals surface area contributed by atoms with Crippen molar-refractivity contribution in [3.8, 4) is 0 Å². The lowest BCUT2D eigenvalue weighted by molar-refractivity contribution is 0.0929. The van der Waals surface area contributed by atoms with E-state index in [2.05, 4.69) is 15.4 Å². The average molecular weight is 289 g/mol. The molecule has 0 aliphatic rings. The van der Waals surface area contributed by atoms with Gasteiger partial charge in [-0.3, -0.25) is 9.59 Å². The van der Waals surface area contributed by atoms with E-state index in [-0.39, 0.29) is 23.2 Å². The van der Waals surface area contributed by atoms with E-state index in [1.165, 1.54) is 16.8 Å². The smallest absolute Gasteiger partial charge is 0.271 e. The van der Waals surface area contributed by atoms with Gasteiger partial charge in [0, 0.05) is 37.6 Å². The first-order valence-corrected chi connectivity index (χ1v) is 6.95. The largest absolute Gasteiger partial charge is 0.346 e. The Morgan fingerprint density at radius 3 is 2.90 bits per heavy atom. The van der Waals surface area contributed by atoms with Crippen LogP contribution in [0.4, 0.5) is 0 Å². The summed E-state index contributed by atoms with van der Waals surface area (Å²) in [4.78, 5) is 27.7. The predicted molar refractivity (Wildman–Crippen MR) is 77.9 cm³/mol. The van der Waals surface area contributed by atoms with Crippen LogP contribution >= 0.6 is 0 Å². The Morgan fingerprint density at radius 2 is 2.24 bits per heavy atom. The van der Waals surface area contributed by atoms with E-state index in [9.17, 15) is 9.59 Å². The third kappa shape index (κ3) is 4.01. The van der Waals surface area contributed by atoms with Gasteiger partial charge in [-0.15, -0.1) is 0 Å². The van der Waals surface area contributed by atoms with Gasteiger partial charge >= 0.3 is 0 Å². The minimum atomic E-state index is -0.285. The normalized spacial score (nSPS) is 12.1. The molecule has 0 bridgehead atoms. The zero-order valence-corrected chi connectivity index (χ0v) is 12.2. The maximum atomic E-state index is 12.1. The standard InChI is InChI=1S/C14H19N5O2/c1-3-7-19-13(20)5-4-12(17-19)14(21)16-11(2)9-18-8-6-15-10-18/h4-6,8,10-11H,3,7,9H2,1-2H3,(H,16,21)/t11-/m0/s1. The Bertz CT molecular complexity index is 648. The Kier molecular flexibility index (Phi) is 4.86. The molecule has 21 heavy (non-hydrogen) atoms. The maximum Gasteiger partial charge on any atom is 0.271 e. The molecule has 0 aliphatic carbocycles. The van der Waals surface area contributed by atoms with Gasteiger partial charge in [0.2, 0.25) is 0 Å². The molecule has 1 atom stereocenters. The molecular formula is C14H19N5O2. The van der Waals surface area contributed by atoms with Crippen molar-refractivity contribution in [2.75, 3.05) is 0 Å². The van der Waals surface area contributed by atoms with Crippen LogP contribution in [0.25, 0.3) is 0 Å². The summed E-state index contributed by atoms with van der Waals surface area (Å²) in [6, 6.07) is 2.76. The summed E-state index contributed by atoms with van der Waals surface area (Å²) in [5.74, 6) is -0.285. The zero-order valence-electron chi connectivity index (χ0n) is 12.2. The van der Waals surface area contributed by atoms with E-state index in [4.69, 9.17) is 0 Å². The van der Waals surface area contributed by atoms with Gasteiger partial charge in [-0.1, -0.05) is 6.92 Å². The number of carbonyl (C=O) groups is 1. The second-order valence-corrected chi connectivity index (χ2v) is 4.91. The average Bonchev–Trinajstić information content (AvgIpc) is 2.94. The van der Waals surface area contributed by atoms with Crippen molar-refractivity contribution < 1.29 is 4.79 Å². The molecule has 0 fully saturated rings. The molecule has 7 heteroatoms. The van der Waals surface area contributed by atoms with Crippen LogP contribution in [0.3, 0.4) is 0 Å². The Labute approximate surface area is 122 Å². The van der Waals surface area contributed by atoms with Crippen LogP contribution < -0.4 is 10.9 Å². The van der Waals surface area contributed by atoms with E-state index < -0.39 is 0 Å². The highest BCUT2D eigenvalue weighted by Crippen LogP contribution is 1.96. The van der Waals surface area contributed by atoms with E-state index >= 15 is 0 Å². The predicted octanol–water partition coefficient (Wildman–Crippen LogP) is 0.668. The molecule has 2 heterocycles. The van der Waals surface area contributed by atoms with Crippen molar-refractivity contribution in [2.45, 2.75) is 39.4 Å². The van der Waals surface area contributed by atoms with Crippen LogP contribution in [-0.4, -0.2) is 31.3 Å². The maximum absolute atomic E-state index is 12.1. The van der Waals surface area contributed by atoms with E-state index in [0.717, 1.165) is 6.42 Å². The SMILES string of the molecule is CCCn1nc(C(=O)N[C@@H](C)Cn2ccnc2)ccc1=O. The third-order valence-electron chi connectivity index (χ3n) is 2.96. The quantitative estimate of drug-likeness (QED) is 0.847. The minimum absolute atomic E-state index is 0.0694. The second kappa shape index (κ2) is 6.83. The summed E-state index contributed by atoms with van der Waals surface area (Å²) in [6.45, 7) is 4.99. The molecule has 112 valence electrons. The number of rotatable bonds is 6. The molecule has 2 rings (SSSR count). The van der Waals surface area contributed by atoms with Crippen molar-refractivity contribution in [1.29, 1.82) is 0 Å². The fourth-order valence-electron chi connectivity index (χ4n) is 2.00. The van der Waals surface area contributed by atoms with Crippen molar-refractivity contribution in [3.63, 3.8) is 0 Å². The highest BCUT2D eigenvalue weighted by atomic mass is 16.2. The van der Waals surface area contributed by atoms with E-state index in [1.54, 1.807) is 12.5 Å². The van der Waals surface area contributed by atoms with Crippen LogP contribution in [0.2, 0.25) is 0 Å².